The molecule has 3 nitrogen and oxygen atoms in total. The van der Waals surface area contributed by atoms with Crippen LogP contribution in [0.2, 0.25) is 0 Å². The summed E-state index contributed by atoms with van der Waals surface area (Å²) in [4.78, 5) is 3.82. The predicted molar refractivity (Wildman–Crippen MR) is 68.1 cm³/mol. The van der Waals surface area contributed by atoms with E-state index in [9.17, 15) is 13.2 Å². The highest BCUT2D eigenvalue weighted by molar-refractivity contribution is 5.73. The number of aryl methyl sites for hydroxylation is 1. The fourth-order valence-corrected chi connectivity index (χ4v) is 1.60. The van der Waals surface area contributed by atoms with Gasteiger partial charge in [-0.25, -0.2) is 0 Å². The molecule has 2 aromatic rings. The van der Waals surface area contributed by atoms with Gasteiger partial charge in [0.25, 0.3) is 0 Å². The third-order valence-electron chi connectivity index (χ3n) is 2.69. The summed E-state index contributed by atoms with van der Waals surface area (Å²) >= 11 is 0. The van der Waals surface area contributed by atoms with Crippen molar-refractivity contribution < 1.29 is 13.2 Å². The largest absolute Gasteiger partial charge is 0.416 e. The number of hydrogen-bond donors (Lipinski definition) is 2. The topological polar surface area (TPSA) is 50.9 Å². The van der Waals surface area contributed by atoms with Crippen LogP contribution in [0.4, 0.5) is 30.2 Å². The Morgan fingerprint density at radius 3 is 2.53 bits per heavy atom. The third kappa shape index (κ3) is 2.96. The van der Waals surface area contributed by atoms with E-state index in [0.717, 1.165) is 12.1 Å². The van der Waals surface area contributed by atoms with Crippen LogP contribution in [0.5, 0.6) is 0 Å². The summed E-state index contributed by atoms with van der Waals surface area (Å²) in [6, 6.07) is 5.14. The molecule has 1 aromatic heterocycles. The summed E-state index contributed by atoms with van der Waals surface area (Å²) in [5.41, 5.74) is 6.96. The highest BCUT2D eigenvalue weighted by Crippen LogP contribution is 2.33. The number of halogens is 3. The first-order valence-electron chi connectivity index (χ1n) is 5.52. The quantitative estimate of drug-likeness (QED) is 0.871. The van der Waals surface area contributed by atoms with Crippen LogP contribution in [0.3, 0.4) is 0 Å². The van der Waals surface area contributed by atoms with Crippen molar-refractivity contribution in [1.82, 2.24) is 4.98 Å². The van der Waals surface area contributed by atoms with Crippen molar-refractivity contribution in [3.63, 3.8) is 0 Å². The van der Waals surface area contributed by atoms with E-state index in [4.69, 9.17) is 5.73 Å². The van der Waals surface area contributed by atoms with Crippen LogP contribution >= 0.6 is 0 Å². The van der Waals surface area contributed by atoms with Crippen molar-refractivity contribution in [2.24, 2.45) is 0 Å². The van der Waals surface area contributed by atoms with Gasteiger partial charge in [0, 0.05) is 11.9 Å². The van der Waals surface area contributed by atoms with Gasteiger partial charge in [0.15, 0.2) is 0 Å². The highest BCUT2D eigenvalue weighted by atomic mass is 19.4. The van der Waals surface area contributed by atoms with Gasteiger partial charge in [0.1, 0.15) is 0 Å². The Hall–Kier alpha value is -2.24. The number of nitrogens with two attached hydrogens (primary N) is 1. The SMILES string of the molecule is Cc1ccc(C(F)(F)F)cc1Nc1ccncc1N. The van der Waals surface area contributed by atoms with E-state index in [1.54, 1.807) is 13.0 Å². The standard InChI is InChI=1S/C13H12F3N3/c1-8-2-3-9(13(14,15)16)6-12(8)19-11-4-5-18-7-10(11)17/h2-7H,17H2,1H3,(H,18,19). The smallest absolute Gasteiger partial charge is 0.396 e. The lowest BCUT2D eigenvalue weighted by molar-refractivity contribution is -0.137. The average Bonchev–Trinajstić information content (AvgIpc) is 2.33. The van der Waals surface area contributed by atoms with Crippen molar-refractivity contribution in [2.75, 3.05) is 11.1 Å². The molecule has 0 fully saturated rings. The number of pyridine rings is 1. The number of nitrogens with zero attached hydrogens (tertiary/aromatic N) is 1. The molecule has 19 heavy (non-hydrogen) atoms. The van der Waals surface area contributed by atoms with Crippen LogP contribution in [0.15, 0.2) is 36.7 Å². The summed E-state index contributed by atoms with van der Waals surface area (Å²) in [7, 11) is 0. The van der Waals surface area contributed by atoms with E-state index in [1.165, 1.54) is 18.5 Å². The molecule has 0 saturated carbocycles. The fraction of sp³-hybridized carbons (Fsp3) is 0.154. The van der Waals surface area contributed by atoms with Crippen molar-refractivity contribution in [2.45, 2.75) is 13.1 Å². The summed E-state index contributed by atoms with van der Waals surface area (Å²) < 4.78 is 38.0. The molecule has 0 spiro atoms. The van der Waals surface area contributed by atoms with Gasteiger partial charge < -0.3 is 11.1 Å². The van der Waals surface area contributed by atoms with Gasteiger partial charge >= 0.3 is 6.18 Å². The van der Waals surface area contributed by atoms with Crippen LogP contribution in [0.1, 0.15) is 11.1 Å². The summed E-state index contributed by atoms with van der Waals surface area (Å²) in [6.45, 7) is 1.72. The minimum Gasteiger partial charge on any atom is -0.396 e. The summed E-state index contributed by atoms with van der Waals surface area (Å²) in [5.74, 6) is 0. The minimum atomic E-state index is -4.37. The number of benzene rings is 1. The second-order valence-electron chi connectivity index (χ2n) is 4.12. The van der Waals surface area contributed by atoms with E-state index < -0.39 is 11.7 Å². The number of rotatable bonds is 2. The van der Waals surface area contributed by atoms with Crippen LogP contribution in [0.25, 0.3) is 0 Å². The second-order valence-corrected chi connectivity index (χ2v) is 4.12. The van der Waals surface area contributed by atoms with E-state index in [1.807, 2.05) is 0 Å². The molecule has 0 radical (unpaired) electrons. The molecule has 0 saturated heterocycles. The molecule has 3 N–H and O–H groups in total. The molecule has 0 aliphatic carbocycles. The normalized spacial score (nSPS) is 11.4. The van der Waals surface area contributed by atoms with E-state index in [0.29, 0.717) is 22.6 Å². The van der Waals surface area contributed by atoms with E-state index >= 15 is 0 Å². The molecule has 6 heteroatoms. The van der Waals surface area contributed by atoms with Crippen LogP contribution < -0.4 is 11.1 Å². The van der Waals surface area contributed by atoms with Crippen molar-refractivity contribution in [1.29, 1.82) is 0 Å². The maximum atomic E-state index is 12.7. The number of anilines is 3. The second kappa shape index (κ2) is 4.79. The minimum absolute atomic E-state index is 0.368. The average molecular weight is 267 g/mol. The van der Waals surface area contributed by atoms with Gasteiger partial charge in [-0.1, -0.05) is 6.07 Å². The lowest BCUT2D eigenvalue weighted by Crippen LogP contribution is -2.06. The molecular weight excluding hydrogens is 255 g/mol. The molecular formula is C13H12F3N3. The highest BCUT2D eigenvalue weighted by Gasteiger charge is 2.30. The molecule has 0 unspecified atom stereocenters. The number of hydrogen-bond acceptors (Lipinski definition) is 3. The zero-order valence-corrected chi connectivity index (χ0v) is 10.1. The van der Waals surface area contributed by atoms with Gasteiger partial charge in [-0.15, -0.1) is 0 Å². The third-order valence-corrected chi connectivity index (χ3v) is 2.69. The Kier molecular flexibility index (Phi) is 3.33. The lowest BCUT2D eigenvalue weighted by Gasteiger charge is -2.14. The summed E-state index contributed by atoms with van der Waals surface area (Å²) in [6.07, 6.45) is -1.42. The first kappa shape index (κ1) is 13.2. The number of nitrogen functional groups attached to an aromatic ring is 1. The molecule has 0 aliphatic heterocycles. The number of alkyl halides is 3. The molecule has 0 atom stereocenters. The first-order chi connectivity index (χ1) is 8.88. The van der Waals surface area contributed by atoms with E-state index in [-0.39, 0.29) is 0 Å². The van der Waals surface area contributed by atoms with Gasteiger partial charge in [0.2, 0.25) is 0 Å². The Labute approximate surface area is 108 Å². The molecule has 0 amide bonds. The lowest BCUT2D eigenvalue weighted by atomic mass is 10.1. The fourth-order valence-electron chi connectivity index (χ4n) is 1.60. The van der Waals surface area contributed by atoms with Crippen LogP contribution in [0, 0.1) is 6.92 Å². The van der Waals surface area contributed by atoms with E-state index in [2.05, 4.69) is 10.3 Å². The Morgan fingerprint density at radius 1 is 1.16 bits per heavy atom. The van der Waals surface area contributed by atoms with Gasteiger partial charge in [0.05, 0.1) is 23.1 Å². The molecule has 1 heterocycles. The zero-order valence-electron chi connectivity index (χ0n) is 10.1. The molecule has 0 bridgehead atoms. The molecule has 100 valence electrons. The van der Waals surface area contributed by atoms with Crippen LogP contribution in [-0.4, -0.2) is 4.98 Å². The Morgan fingerprint density at radius 2 is 1.89 bits per heavy atom. The number of aromatic nitrogens is 1. The van der Waals surface area contributed by atoms with Gasteiger partial charge in [-0.3, -0.25) is 4.98 Å². The van der Waals surface area contributed by atoms with Gasteiger partial charge in [-0.2, -0.15) is 13.2 Å². The number of nitrogens with one attached hydrogen (secondary N) is 1. The summed E-state index contributed by atoms with van der Waals surface area (Å²) in [5, 5.41) is 2.89. The Balaban J connectivity index is 2.38. The predicted octanol–water partition coefficient (Wildman–Crippen LogP) is 3.73. The van der Waals surface area contributed by atoms with Crippen molar-refractivity contribution >= 4 is 17.1 Å². The van der Waals surface area contributed by atoms with Crippen molar-refractivity contribution in [3.05, 3.63) is 47.8 Å². The van der Waals surface area contributed by atoms with Crippen LogP contribution in [-0.2, 0) is 6.18 Å². The zero-order chi connectivity index (χ0) is 14.0. The maximum Gasteiger partial charge on any atom is 0.416 e. The van der Waals surface area contributed by atoms with Gasteiger partial charge in [-0.05, 0) is 30.7 Å². The Bertz CT molecular complexity index is 594. The monoisotopic (exact) mass is 267 g/mol. The molecule has 2 rings (SSSR count). The van der Waals surface area contributed by atoms with Crippen molar-refractivity contribution in [3.8, 4) is 0 Å². The molecule has 1 aromatic carbocycles. The first-order valence-corrected chi connectivity index (χ1v) is 5.52. The molecule has 0 aliphatic rings. The maximum absolute atomic E-state index is 12.7.